The molecule has 4 nitrogen and oxygen atoms in total. The molecule has 1 amide bonds. The minimum absolute atomic E-state index is 0.0188. The average Bonchev–Trinajstić information content (AvgIpc) is 2.50. The maximum Gasteiger partial charge on any atom is 0.273 e. The Kier molecular flexibility index (Phi) is 4.35. The summed E-state index contributed by atoms with van der Waals surface area (Å²) in [7, 11) is 2.10. The van der Waals surface area contributed by atoms with Crippen molar-refractivity contribution >= 4 is 21.8 Å². The molecule has 1 aromatic rings. The normalized spacial score (nSPS) is 21.7. The lowest BCUT2D eigenvalue weighted by Gasteiger charge is -2.28. The average molecular weight is 312 g/mol. The van der Waals surface area contributed by atoms with Crippen LogP contribution < -0.4 is 0 Å². The van der Waals surface area contributed by atoms with Crippen molar-refractivity contribution in [2.24, 2.45) is 0 Å². The van der Waals surface area contributed by atoms with E-state index in [1.165, 1.54) is 0 Å². The van der Waals surface area contributed by atoms with E-state index in [-0.39, 0.29) is 11.9 Å². The van der Waals surface area contributed by atoms with Crippen molar-refractivity contribution in [3.8, 4) is 0 Å². The predicted molar refractivity (Wildman–Crippen MR) is 74.5 cm³/mol. The number of halogens is 1. The monoisotopic (exact) mass is 311 g/mol. The zero-order valence-corrected chi connectivity index (χ0v) is 12.4. The van der Waals surface area contributed by atoms with Crippen molar-refractivity contribution < 1.29 is 4.79 Å². The fraction of sp³-hybridized carbons (Fsp3) is 0.538. The molecule has 2 rings (SSSR count). The van der Waals surface area contributed by atoms with Gasteiger partial charge in [0.1, 0.15) is 5.69 Å². The maximum absolute atomic E-state index is 12.5. The molecular formula is C13H18BrN3O. The standard InChI is InChI=1S/C13H18BrN3O/c1-10-9-16(2)7-4-8-17(10)13(18)12-11(14)5-3-6-15-12/h3,5-6,10H,4,7-9H2,1-2H3. The van der Waals surface area contributed by atoms with E-state index in [4.69, 9.17) is 0 Å². The van der Waals surface area contributed by atoms with E-state index in [1.807, 2.05) is 17.0 Å². The van der Waals surface area contributed by atoms with Crippen molar-refractivity contribution in [3.05, 3.63) is 28.5 Å². The van der Waals surface area contributed by atoms with Crippen molar-refractivity contribution in [1.82, 2.24) is 14.8 Å². The van der Waals surface area contributed by atoms with Crippen LogP contribution in [0.1, 0.15) is 23.8 Å². The molecule has 0 bridgehead atoms. The first-order chi connectivity index (χ1) is 8.59. The molecule has 5 heteroatoms. The second-order valence-electron chi connectivity index (χ2n) is 4.80. The smallest absolute Gasteiger partial charge is 0.273 e. The Morgan fingerprint density at radius 3 is 3.00 bits per heavy atom. The number of aromatic nitrogens is 1. The van der Waals surface area contributed by atoms with Gasteiger partial charge in [0, 0.05) is 29.8 Å². The van der Waals surface area contributed by atoms with E-state index in [2.05, 4.69) is 39.8 Å². The van der Waals surface area contributed by atoms with Crippen LogP contribution in [0.4, 0.5) is 0 Å². The minimum Gasteiger partial charge on any atom is -0.333 e. The van der Waals surface area contributed by atoms with Gasteiger partial charge in [0.25, 0.3) is 5.91 Å². The van der Waals surface area contributed by atoms with Crippen LogP contribution in [0.3, 0.4) is 0 Å². The molecule has 1 unspecified atom stereocenters. The molecule has 98 valence electrons. The third-order valence-electron chi connectivity index (χ3n) is 3.27. The first kappa shape index (κ1) is 13.5. The highest BCUT2D eigenvalue weighted by atomic mass is 79.9. The highest BCUT2D eigenvalue weighted by Crippen LogP contribution is 2.18. The summed E-state index contributed by atoms with van der Waals surface area (Å²) in [6, 6.07) is 3.90. The fourth-order valence-electron chi connectivity index (χ4n) is 2.35. The summed E-state index contributed by atoms with van der Waals surface area (Å²) in [4.78, 5) is 20.9. The van der Waals surface area contributed by atoms with E-state index in [9.17, 15) is 4.79 Å². The maximum atomic E-state index is 12.5. The summed E-state index contributed by atoms with van der Waals surface area (Å²) in [6.07, 6.45) is 2.67. The van der Waals surface area contributed by atoms with Gasteiger partial charge < -0.3 is 9.80 Å². The summed E-state index contributed by atoms with van der Waals surface area (Å²) in [6.45, 7) is 4.84. The van der Waals surface area contributed by atoms with E-state index < -0.39 is 0 Å². The molecule has 1 atom stereocenters. The number of amides is 1. The molecule has 18 heavy (non-hydrogen) atoms. The number of hydrogen-bond donors (Lipinski definition) is 0. The predicted octanol–water partition coefficient (Wildman–Crippen LogP) is 2.01. The van der Waals surface area contributed by atoms with Gasteiger partial charge in [-0.15, -0.1) is 0 Å². The number of carbonyl (C=O) groups excluding carboxylic acids is 1. The van der Waals surface area contributed by atoms with E-state index in [0.29, 0.717) is 5.69 Å². The van der Waals surface area contributed by atoms with Gasteiger partial charge in [-0.1, -0.05) is 0 Å². The summed E-state index contributed by atoms with van der Waals surface area (Å²) < 4.78 is 0.764. The molecule has 0 saturated carbocycles. The van der Waals surface area contributed by atoms with Gasteiger partial charge in [-0.05, 0) is 55.0 Å². The summed E-state index contributed by atoms with van der Waals surface area (Å²) in [5.74, 6) is 0.0188. The van der Waals surface area contributed by atoms with Crippen molar-refractivity contribution in [1.29, 1.82) is 0 Å². The number of likely N-dealkylation sites (N-methyl/N-ethyl adjacent to an activating group) is 1. The van der Waals surface area contributed by atoms with Crippen LogP contribution in [0.5, 0.6) is 0 Å². The van der Waals surface area contributed by atoms with E-state index in [1.54, 1.807) is 6.20 Å². The molecule has 0 radical (unpaired) electrons. The first-order valence-electron chi connectivity index (χ1n) is 6.19. The number of nitrogens with zero attached hydrogens (tertiary/aromatic N) is 3. The third-order valence-corrected chi connectivity index (χ3v) is 3.91. The Labute approximate surface area is 116 Å². The Morgan fingerprint density at radius 1 is 1.50 bits per heavy atom. The number of rotatable bonds is 1. The van der Waals surface area contributed by atoms with E-state index in [0.717, 1.165) is 30.5 Å². The Bertz CT molecular complexity index is 438. The molecule has 2 heterocycles. The lowest BCUT2D eigenvalue weighted by atomic mass is 10.2. The molecule has 1 aromatic heterocycles. The topological polar surface area (TPSA) is 36.4 Å². The lowest BCUT2D eigenvalue weighted by Crippen LogP contribution is -2.42. The molecule has 0 aromatic carbocycles. The number of pyridine rings is 1. The molecule has 0 aliphatic carbocycles. The van der Waals surface area contributed by atoms with Crippen LogP contribution in [-0.4, -0.2) is 53.4 Å². The second kappa shape index (κ2) is 5.80. The van der Waals surface area contributed by atoms with Gasteiger partial charge in [0.15, 0.2) is 0 Å². The molecule has 1 aliphatic rings. The van der Waals surface area contributed by atoms with Crippen LogP contribution in [0.25, 0.3) is 0 Å². The van der Waals surface area contributed by atoms with Gasteiger partial charge in [-0.3, -0.25) is 4.79 Å². The molecule has 1 saturated heterocycles. The van der Waals surface area contributed by atoms with Crippen molar-refractivity contribution in [2.45, 2.75) is 19.4 Å². The minimum atomic E-state index is 0.0188. The first-order valence-corrected chi connectivity index (χ1v) is 6.99. The third kappa shape index (κ3) is 2.90. The number of carbonyl (C=O) groups is 1. The molecule has 0 N–H and O–H groups in total. The SMILES string of the molecule is CC1CN(C)CCCN1C(=O)c1ncccc1Br. The van der Waals surface area contributed by atoms with Gasteiger partial charge in [-0.2, -0.15) is 0 Å². The molecular weight excluding hydrogens is 294 g/mol. The summed E-state index contributed by atoms with van der Waals surface area (Å²) in [5, 5.41) is 0. The summed E-state index contributed by atoms with van der Waals surface area (Å²) in [5.41, 5.74) is 0.508. The fourth-order valence-corrected chi connectivity index (χ4v) is 2.78. The zero-order chi connectivity index (χ0) is 13.1. The van der Waals surface area contributed by atoms with Gasteiger partial charge >= 0.3 is 0 Å². The van der Waals surface area contributed by atoms with Gasteiger partial charge in [0.2, 0.25) is 0 Å². The van der Waals surface area contributed by atoms with Crippen molar-refractivity contribution in [2.75, 3.05) is 26.7 Å². The largest absolute Gasteiger partial charge is 0.333 e. The Balaban J connectivity index is 2.20. The van der Waals surface area contributed by atoms with Crippen LogP contribution >= 0.6 is 15.9 Å². The Hall–Kier alpha value is -0.940. The van der Waals surface area contributed by atoms with Crippen LogP contribution in [0.2, 0.25) is 0 Å². The highest BCUT2D eigenvalue weighted by molar-refractivity contribution is 9.10. The second-order valence-corrected chi connectivity index (χ2v) is 5.65. The van der Waals surface area contributed by atoms with Crippen LogP contribution in [-0.2, 0) is 0 Å². The lowest BCUT2D eigenvalue weighted by molar-refractivity contribution is 0.0689. The molecule has 1 fully saturated rings. The van der Waals surface area contributed by atoms with Gasteiger partial charge in [0.05, 0.1) is 0 Å². The quantitative estimate of drug-likeness (QED) is 0.796. The van der Waals surface area contributed by atoms with E-state index >= 15 is 0 Å². The molecule has 0 spiro atoms. The summed E-state index contributed by atoms with van der Waals surface area (Å²) >= 11 is 3.39. The van der Waals surface area contributed by atoms with Crippen LogP contribution in [0, 0.1) is 0 Å². The van der Waals surface area contributed by atoms with Gasteiger partial charge in [-0.25, -0.2) is 4.98 Å². The molecule has 1 aliphatic heterocycles. The number of hydrogen-bond acceptors (Lipinski definition) is 3. The van der Waals surface area contributed by atoms with Crippen molar-refractivity contribution in [3.63, 3.8) is 0 Å². The zero-order valence-electron chi connectivity index (χ0n) is 10.8. The highest BCUT2D eigenvalue weighted by Gasteiger charge is 2.26. The Morgan fingerprint density at radius 2 is 2.28 bits per heavy atom. The van der Waals surface area contributed by atoms with Crippen LogP contribution in [0.15, 0.2) is 22.8 Å².